The van der Waals surface area contributed by atoms with Gasteiger partial charge in [0.2, 0.25) is 0 Å². The van der Waals surface area contributed by atoms with Crippen LogP contribution in [0, 0.1) is 5.41 Å². The Morgan fingerprint density at radius 2 is 1.93 bits per heavy atom. The van der Waals surface area contributed by atoms with Crippen molar-refractivity contribution >= 4 is 25.8 Å². The summed E-state index contributed by atoms with van der Waals surface area (Å²) >= 11 is 3.57. The third kappa shape index (κ3) is 3.23. The van der Waals surface area contributed by atoms with Gasteiger partial charge in [0, 0.05) is 10.6 Å². The molecule has 0 N–H and O–H groups in total. The standard InChI is InChI=1S/C10H19BrO2S/c1-3-7-14(12,13)8-6-10(4-5-10)9(2)11/h9H,3-8H2,1-2H3. The summed E-state index contributed by atoms with van der Waals surface area (Å²) in [6, 6.07) is 0. The van der Waals surface area contributed by atoms with Crippen LogP contribution < -0.4 is 0 Å². The Balaban J connectivity index is 2.41. The van der Waals surface area contributed by atoms with Crippen LogP contribution in [0.25, 0.3) is 0 Å². The first-order chi connectivity index (χ1) is 6.42. The lowest BCUT2D eigenvalue weighted by Crippen LogP contribution is -2.19. The van der Waals surface area contributed by atoms with Crippen molar-refractivity contribution in [2.75, 3.05) is 11.5 Å². The van der Waals surface area contributed by atoms with Crippen LogP contribution in [-0.4, -0.2) is 24.8 Å². The van der Waals surface area contributed by atoms with Gasteiger partial charge in [0.15, 0.2) is 0 Å². The molecule has 84 valence electrons. The Morgan fingerprint density at radius 3 is 2.29 bits per heavy atom. The van der Waals surface area contributed by atoms with Gasteiger partial charge in [-0.05, 0) is 31.1 Å². The number of halogens is 1. The fourth-order valence-corrected chi connectivity index (χ4v) is 4.01. The van der Waals surface area contributed by atoms with Gasteiger partial charge in [-0.1, -0.05) is 29.8 Å². The number of sulfone groups is 1. The van der Waals surface area contributed by atoms with Crippen molar-refractivity contribution in [1.29, 1.82) is 0 Å². The first-order valence-corrected chi connectivity index (χ1v) is 8.00. The lowest BCUT2D eigenvalue weighted by molar-refractivity contribution is 0.488. The minimum absolute atomic E-state index is 0.292. The molecular formula is C10H19BrO2S. The molecule has 2 nitrogen and oxygen atoms in total. The second kappa shape index (κ2) is 4.52. The third-order valence-corrected chi connectivity index (χ3v) is 5.99. The Morgan fingerprint density at radius 1 is 1.36 bits per heavy atom. The Hall–Kier alpha value is 0.430. The maximum Gasteiger partial charge on any atom is 0.150 e. The average Bonchev–Trinajstić information content (AvgIpc) is 2.81. The molecule has 0 aromatic rings. The summed E-state index contributed by atoms with van der Waals surface area (Å²) in [5.74, 6) is 0.719. The first-order valence-electron chi connectivity index (χ1n) is 5.26. The molecule has 1 saturated carbocycles. The van der Waals surface area contributed by atoms with Crippen molar-refractivity contribution in [1.82, 2.24) is 0 Å². The van der Waals surface area contributed by atoms with E-state index in [1.54, 1.807) is 0 Å². The van der Waals surface area contributed by atoms with Crippen molar-refractivity contribution in [3.05, 3.63) is 0 Å². The third-order valence-electron chi connectivity index (χ3n) is 3.16. The highest BCUT2D eigenvalue weighted by molar-refractivity contribution is 9.09. The number of alkyl halides is 1. The molecule has 0 saturated heterocycles. The van der Waals surface area contributed by atoms with Crippen LogP contribution >= 0.6 is 15.9 Å². The van der Waals surface area contributed by atoms with Crippen LogP contribution in [0.5, 0.6) is 0 Å². The average molecular weight is 283 g/mol. The molecule has 1 atom stereocenters. The van der Waals surface area contributed by atoms with Crippen molar-refractivity contribution in [2.24, 2.45) is 5.41 Å². The van der Waals surface area contributed by atoms with E-state index >= 15 is 0 Å². The molecule has 1 aliphatic rings. The first kappa shape index (κ1) is 12.5. The van der Waals surface area contributed by atoms with Crippen LogP contribution in [0.3, 0.4) is 0 Å². The summed E-state index contributed by atoms with van der Waals surface area (Å²) in [6.07, 6.45) is 3.93. The van der Waals surface area contributed by atoms with Crippen LogP contribution in [0.2, 0.25) is 0 Å². The van der Waals surface area contributed by atoms with Gasteiger partial charge in [0.25, 0.3) is 0 Å². The van der Waals surface area contributed by atoms with E-state index in [9.17, 15) is 8.42 Å². The van der Waals surface area contributed by atoms with E-state index in [-0.39, 0.29) is 0 Å². The Bertz CT molecular complexity index is 278. The van der Waals surface area contributed by atoms with E-state index in [1.165, 1.54) is 12.8 Å². The molecule has 1 unspecified atom stereocenters. The summed E-state index contributed by atoms with van der Waals surface area (Å²) in [5, 5.41) is 0. The fourth-order valence-electron chi connectivity index (χ4n) is 1.78. The number of hydrogen-bond donors (Lipinski definition) is 0. The van der Waals surface area contributed by atoms with Crippen LogP contribution in [0.15, 0.2) is 0 Å². The van der Waals surface area contributed by atoms with E-state index in [0.717, 1.165) is 12.8 Å². The zero-order chi connectivity index (χ0) is 10.8. The number of hydrogen-bond acceptors (Lipinski definition) is 2. The molecule has 0 aliphatic heterocycles. The topological polar surface area (TPSA) is 34.1 Å². The molecule has 0 amide bonds. The molecular weight excluding hydrogens is 264 g/mol. The number of rotatable bonds is 6. The maximum absolute atomic E-state index is 11.5. The molecule has 1 rings (SSSR count). The second-order valence-electron chi connectivity index (χ2n) is 4.38. The van der Waals surface area contributed by atoms with Gasteiger partial charge in [-0.25, -0.2) is 8.42 Å². The van der Waals surface area contributed by atoms with Crippen LogP contribution in [-0.2, 0) is 9.84 Å². The zero-order valence-electron chi connectivity index (χ0n) is 8.92. The molecule has 1 aliphatic carbocycles. The van der Waals surface area contributed by atoms with Gasteiger partial charge in [0.1, 0.15) is 9.84 Å². The highest BCUT2D eigenvalue weighted by Crippen LogP contribution is 2.54. The van der Waals surface area contributed by atoms with Crippen molar-refractivity contribution in [3.63, 3.8) is 0 Å². The summed E-state index contributed by atoms with van der Waals surface area (Å²) in [7, 11) is -2.78. The predicted octanol–water partition coefficient (Wildman–Crippen LogP) is 2.76. The second-order valence-corrected chi connectivity index (χ2v) is 8.06. The van der Waals surface area contributed by atoms with Gasteiger partial charge in [-0.15, -0.1) is 0 Å². The minimum atomic E-state index is -2.78. The minimum Gasteiger partial charge on any atom is -0.229 e. The smallest absolute Gasteiger partial charge is 0.150 e. The highest BCUT2D eigenvalue weighted by Gasteiger charge is 2.46. The molecule has 0 aromatic heterocycles. The molecule has 0 radical (unpaired) electrons. The highest BCUT2D eigenvalue weighted by atomic mass is 79.9. The monoisotopic (exact) mass is 282 g/mol. The van der Waals surface area contributed by atoms with Crippen molar-refractivity contribution in [3.8, 4) is 0 Å². The molecule has 1 fully saturated rings. The summed E-state index contributed by atoms with van der Waals surface area (Å²) in [4.78, 5) is 0.451. The van der Waals surface area contributed by atoms with Crippen LogP contribution in [0.1, 0.15) is 39.5 Å². The van der Waals surface area contributed by atoms with E-state index in [2.05, 4.69) is 22.9 Å². The molecule has 14 heavy (non-hydrogen) atoms. The van der Waals surface area contributed by atoms with Crippen molar-refractivity contribution in [2.45, 2.75) is 44.4 Å². The van der Waals surface area contributed by atoms with Gasteiger partial charge in [-0.2, -0.15) is 0 Å². The van der Waals surface area contributed by atoms with E-state index in [0.29, 0.717) is 21.7 Å². The maximum atomic E-state index is 11.5. The van der Waals surface area contributed by atoms with Crippen molar-refractivity contribution < 1.29 is 8.42 Å². The molecule has 0 bridgehead atoms. The van der Waals surface area contributed by atoms with Crippen LogP contribution in [0.4, 0.5) is 0 Å². The fraction of sp³-hybridized carbons (Fsp3) is 1.00. The normalized spacial score (nSPS) is 21.9. The van der Waals surface area contributed by atoms with Gasteiger partial charge >= 0.3 is 0 Å². The molecule has 0 heterocycles. The predicted molar refractivity (Wildman–Crippen MR) is 63.6 cm³/mol. The molecule has 0 spiro atoms. The SMILES string of the molecule is CCCS(=O)(=O)CCC1(C(C)Br)CC1. The zero-order valence-corrected chi connectivity index (χ0v) is 11.3. The Kier molecular flexibility index (Phi) is 4.03. The largest absolute Gasteiger partial charge is 0.229 e. The summed E-state index contributed by atoms with van der Waals surface area (Å²) in [6.45, 7) is 4.04. The van der Waals surface area contributed by atoms with E-state index < -0.39 is 9.84 Å². The van der Waals surface area contributed by atoms with Gasteiger partial charge < -0.3 is 0 Å². The van der Waals surface area contributed by atoms with E-state index in [1.807, 2.05) is 6.92 Å². The van der Waals surface area contributed by atoms with Gasteiger partial charge in [0.05, 0.1) is 5.75 Å². The Labute approximate surface area is 95.5 Å². The summed E-state index contributed by atoms with van der Waals surface area (Å²) < 4.78 is 23.0. The quantitative estimate of drug-likeness (QED) is 0.702. The molecule has 4 heteroatoms. The molecule has 0 aromatic carbocycles. The lowest BCUT2D eigenvalue weighted by atomic mass is 10.0. The summed E-state index contributed by atoms with van der Waals surface area (Å²) in [5.41, 5.74) is 0.292. The van der Waals surface area contributed by atoms with Gasteiger partial charge in [-0.3, -0.25) is 0 Å². The lowest BCUT2D eigenvalue weighted by Gasteiger charge is -2.17. The van der Waals surface area contributed by atoms with E-state index in [4.69, 9.17) is 0 Å².